The van der Waals surface area contributed by atoms with E-state index in [1.54, 1.807) is 6.20 Å². The fourth-order valence-corrected chi connectivity index (χ4v) is 2.90. The van der Waals surface area contributed by atoms with E-state index >= 15 is 0 Å². The summed E-state index contributed by atoms with van der Waals surface area (Å²) in [6.07, 6.45) is 3.05. The number of benzene rings is 2. The molecule has 2 N–H and O–H groups in total. The molecule has 0 unspecified atom stereocenters. The quantitative estimate of drug-likeness (QED) is 0.655. The molecule has 0 saturated heterocycles. The number of aromatic nitrogens is 2. The first-order chi connectivity index (χ1) is 12.9. The van der Waals surface area contributed by atoms with E-state index in [0.29, 0.717) is 11.7 Å². The minimum Gasteiger partial charge on any atom is -0.339 e. The number of hydrogen-bond acceptors (Lipinski definition) is 4. The molecule has 1 amide bonds. The van der Waals surface area contributed by atoms with Crippen LogP contribution in [0, 0.1) is 13.8 Å². The van der Waals surface area contributed by atoms with Crippen molar-refractivity contribution < 1.29 is 4.79 Å². The molecule has 0 spiro atoms. The molecule has 1 heterocycles. The predicted octanol–water partition coefficient (Wildman–Crippen LogP) is 5.21. The van der Waals surface area contributed by atoms with E-state index in [-0.39, 0.29) is 11.6 Å². The summed E-state index contributed by atoms with van der Waals surface area (Å²) in [5.74, 6) is 0.643. The van der Waals surface area contributed by atoms with Crippen LogP contribution in [0.5, 0.6) is 0 Å². The number of amides is 1. The van der Waals surface area contributed by atoms with Gasteiger partial charge in [-0.25, -0.2) is 9.97 Å². The highest BCUT2D eigenvalue weighted by Crippen LogP contribution is 2.27. The van der Waals surface area contributed by atoms with Gasteiger partial charge < -0.3 is 10.6 Å². The molecule has 0 aliphatic carbocycles. The van der Waals surface area contributed by atoms with Gasteiger partial charge in [-0.3, -0.25) is 4.79 Å². The number of carbonyl (C=O) groups is 1. The largest absolute Gasteiger partial charge is 0.339 e. The lowest BCUT2D eigenvalue weighted by atomic mass is 9.98. The lowest BCUT2D eigenvalue weighted by Crippen LogP contribution is -2.16. The third kappa shape index (κ3) is 4.50. The van der Waals surface area contributed by atoms with Gasteiger partial charge in [-0.05, 0) is 48.6 Å². The molecular weight excluding hydrogens is 336 g/mol. The number of rotatable bonds is 5. The Labute approximate surface area is 159 Å². The van der Waals surface area contributed by atoms with Gasteiger partial charge in [0, 0.05) is 11.4 Å². The van der Waals surface area contributed by atoms with Crippen molar-refractivity contribution in [1.82, 2.24) is 9.97 Å². The van der Waals surface area contributed by atoms with E-state index in [1.807, 2.05) is 56.3 Å². The number of aryl methyl sites for hydroxylation is 2. The van der Waals surface area contributed by atoms with Crippen molar-refractivity contribution in [3.05, 3.63) is 77.2 Å². The number of hydrogen-bond donors (Lipinski definition) is 2. The van der Waals surface area contributed by atoms with E-state index in [1.165, 1.54) is 6.20 Å². The molecule has 3 rings (SSSR count). The fourth-order valence-electron chi connectivity index (χ4n) is 2.90. The highest BCUT2D eigenvalue weighted by molar-refractivity contribution is 6.03. The van der Waals surface area contributed by atoms with Gasteiger partial charge in [0.05, 0.1) is 12.4 Å². The van der Waals surface area contributed by atoms with Gasteiger partial charge in [0.15, 0.2) is 0 Å². The monoisotopic (exact) mass is 360 g/mol. The minimum atomic E-state index is -0.263. The molecule has 0 aliphatic rings. The van der Waals surface area contributed by atoms with Crippen molar-refractivity contribution in [3.63, 3.8) is 0 Å². The molecular formula is C22H24N4O. The minimum absolute atomic E-state index is 0.263. The zero-order valence-electron chi connectivity index (χ0n) is 16.1. The fraction of sp³-hybridized carbons (Fsp3) is 0.227. The summed E-state index contributed by atoms with van der Waals surface area (Å²) in [6, 6.07) is 14.0. The van der Waals surface area contributed by atoms with Crippen LogP contribution in [-0.2, 0) is 0 Å². The van der Waals surface area contributed by atoms with Gasteiger partial charge in [0.25, 0.3) is 5.91 Å². The summed E-state index contributed by atoms with van der Waals surface area (Å²) in [5.41, 5.74) is 5.35. The molecule has 27 heavy (non-hydrogen) atoms. The van der Waals surface area contributed by atoms with Crippen LogP contribution in [0.2, 0.25) is 0 Å². The molecule has 3 aromatic rings. The lowest BCUT2D eigenvalue weighted by molar-refractivity contribution is 0.102. The van der Waals surface area contributed by atoms with Crippen LogP contribution in [0.1, 0.15) is 46.9 Å². The van der Waals surface area contributed by atoms with Crippen molar-refractivity contribution in [2.24, 2.45) is 0 Å². The van der Waals surface area contributed by atoms with E-state index < -0.39 is 0 Å². The predicted molar refractivity (Wildman–Crippen MR) is 110 cm³/mol. The Kier molecular flexibility index (Phi) is 5.50. The van der Waals surface area contributed by atoms with Crippen LogP contribution in [0.3, 0.4) is 0 Å². The molecule has 0 aliphatic heterocycles. The third-order valence-electron chi connectivity index (χ3n) is 4.34. The van der Waals surface area contributed by atoms with Gasteiger partial charge in [-0.15, -0.1) is 0 Å². The highest BCUT2D eigenvalue weighted by Gasteiger charge is 2.14. The third-order valence-corrected chi connectivity index (χ3v) is 4.34. The Balaban J connectivity index is 1.75. The SMILES string of the molecule is Cc1cccc(Nc2cnc(C(=O)Nc3c(C)cccc3C(C)C)cn2)c1. The number of anilines is 3. The standard InChI is InChI=1S/C22H24N4O/c1-14(2)18-10-6-8-16(4)21(18)26-22(27)19-12-24-20(13-23-19)25-17-9-5-7-15(3)11-17/h5-14H,1-4H3,(H,24,25)(H,26,27). The summed E-state index contributed by atoms with van der Waals surface area (Å²) in [6.45, 7) is 8.23. The number of nitrogens with zero attached hydrogens (tertiary/aromatic N) is 2. The second-order valence-electron chi connectivity index (χ2n) is 6.93. The van der Waals surface area contributed by atoms with Crippen LogP contribution in [0.4, 0.5) is 17.2 Å². The Morgan fingerprint density at radius 2 is 1.78 bits per heavy atom. The molecule has 0 atom stereocenters. The maximum absolute atomic E-state index is 12.6. The molecule has 138 valence electrons. The lowest BCUT2D eigenvalue weighted by Gasteiger charge is -2.16. The van der Waals surface area contributed by atoms with Crippen molar-refractivity contribution in [1.29, 1.82) is 0 Å². The molecule has 0 radical (unpaired) electrons. The zero-order chi connectivity index (χ0) is 19.4. The topological polar surface area (TPSA) is 66.9 Å². The first-order valence-corrected chi connectivity index (χ1v) is 9.00. The van der Waals surface area contributed by atoms with Crippen molar-refractivity contribution in [3.8, 4) is 0 Å². The summed E-state index contributed by atoms with van der Waals surface area (Å²) >= 11 is 0. The number of nitrogens with one attached hydrogen (secondary N) is 2. The van der Waals surface area contributed by atoms with Gasteiger partial charge >= 0.3 is 0 Å². The van der Waals surface area contributed by atoms with Crippen molar-refractivity contribution in [2.45, 2.75) is 33.6 Å². The maximum atomic E-state index is 12.6. The summed E-state index contributed by atoms with van der Waals surface area (Å²) < 4.78 is 0. The molecule has 2 aromatic carbocycles. The highest BCUT2D eigenvalue weighted by atomic mass is 16.1. The summed E-state index contributed by atoms with van der Waals surface area (Å²) in [7, 11) is 0. The smallest absolute Gasteiger partial charge is 0.275 e. The van der Waals surface area contributed by atoms with Crippen LogP contribution in [-0.4, -0.2) is 15.9 Å². The molecule has 0 saturated carbocycles. The zero-order valence-corrected chi connectivity index (χ0v) is 16.1. The summed E-state index contributed by atoms with van der Waals surface area (Å²) in [4.78, 5) is 21.2. The van der Waals surface area contributed by atoms with Gasteiger partial charge in [-0.2, -0.15) is 0 Å². The average Bonchev–Trinajstić information content (AvgIpc) is 2.63. The van der Waals surface area contributed by atoms with Crippen LogP contribution < -0.4 is 10.6 Å². The maximum Gasteiger partial charge on any atom is 0.275 e. The van der Waals surface area contributed by atoms with Gasteiger partial charge in [0.2, 0.25) is 0 Å². The van der Waals surface area contributed by atoms with Crippen molar-refractivity contribution in [2.75, 3.05) is 10.6 Å². The first-order valence-electron chi connectivity index (χ1n) is 9.00. The van der Waals surface area contributed by atoms with Crippen LogP contribution >= 0.6 is 0 Å². The Morgan fingerprint density at radius 3 is 2.44 bits per heavy atom. The Bertz CT molecular complexity index is 949. The van der Waals surface area contributed by atoms with Gasteiger partial charge in [-0.1, -0.05) is 44.2 Å². The number of carbonyl (C=O) groups excluding carboxylic acids is 1. The molecule has 1 aromatic heterocycles. The molecule has 5 nitrogen and oxygen atoms in total. The Hall–Kier alpha value is -3.21. The van der Waals surface area contributed by atoms with Crippen LogP contribution in [0.25, 0.3) is 0 Å². The second kappa shape index (κ2) is 7.99. The second-order valence-corrected chi connectivity index (χ2v) is 6.93. The van der Waals surface area contributed by atoms with E-state index in [2.05, 4.69) is 34.4 Å². The average molecular weight is 360 g/mol. The molecule has 5 heteroatoms. The van der Waals surface area contributed by atoms with E-state index in [4.69, 9.17) is 0 Å². The van der Waals surface area contributed by atoms with E-state index in [0.717, 1.165) is 28.1 Å². The first kappa shape index (κ1) is 18.6. The van der Waals surface area contributed by atoms with Crippen molar-refractivity contribution >= 4 is 23.1 Å². The normalized spacial score (nSPS) is 10.7. The molecule has 0 bridgehead atoms. The van der Waals surface area contributed by atoms with Crippen LogP contribution in [0.15, 0.2) is 54.9 Å². The Morgan fingerprint density at radius 1 is 1.00 bits per heavy atom. The van der Waals surface area contributed by atoms with E-state index in [9.17, 15) is 4.79 Å². The summed E-state index contributed by atoms with van der Waals surface area (Å²) in [5, 5.41) is 6.18. The number of para-hydroxylation sites is 1. The molecule has 0 fully saturated rings. The van der Waals surface area contributed by atoms with Gasteiger partial charge in [0.1, 0.15) is 11.5 Å².